The van der Waals surface area contributed by atoms with Crippen molar-refractivity contribution >= 4 is 17.6 Å². The second kappa shape index (κ2) is 10.8. The maximum absolute atomic E-state index is 14.6. The molecule has 2 aromatic rings. The lowest BCUT2D eigenvalue weighted by Gasteiger charge is -2.25. The van der Waals surface area contributed by atoms with Crippen LogP contribution in [0.4, 0.5) is 4.39 Å². The molecule has 0 saturated heterocycles. The van der Waals surface area contributed by atoms with Gasteiger partial charge in [0.15, 0.2) is 0 Å². The van der Waals surface area contributed by atoms with Crippen LogP contribution in [0.25, 0.3) is 0 Å². The fraction of sp³-hybridized carbons (Fsp3) is 0.458. The molecule has 0 amide bonds. The van der Waals surface area contributed by atoms with Crippen molar-refractivity contribution in [1.82, 2.24) is 4.90 Å². The molecule has 162 valence electrons. The van der Waals surface area contributed by atoms with Crippen LogP contribution in [0, 0.1) is 12.7 Å². The first-order valence-corrected chi connectivity index (χ1v) is 10.9. The molecule has 2 aromatic carbocycles. The van der Waals surface area contributed by atoms with Crippen LogP contribution in [0.3, 0.4) is 0 Å². The predicted octanol–water partition coefficient (Wildman–Crippen LogP) is 5.98. The Hall–Kier alpha value is -2.11. The molecule has 0 aromatic heterocycles. The van der Waals surface area contributed by atoms with Crippen LogP contribution in [0.15, 0.2) is 36.4 Å². The molecule has 1 aliphatic rings. The molecule has 6 heteroatoms. The summed E-state index contributed by atoms with van der Waals surface area (Å²) in [7, 11) is 0. The van der Waals surface area contributed by atoms with E-state index in [0.29, 0.717) is 29.2 Å². The summed E-state index contributed by atoms with van der Waals surface area (Å²) in [6.45, 7) is 2.72. The van der Waals surface area contributed by atoms with Crippen LogP contribution < -0.4 is 4.74 Å². The number of aliphatic carboxylic acids is 1. The van der Waals surface area contributed by atoms with Crippen molar-refractivity contribution in [2.45, 2.75) is 64.6 Å². The van der Waals surface area contributed by atoms with Gasteiger partial charge in [-0.05, 0) is 61.9 Å². The van der Waals surface area contributed by atoms with Gasteiger partial charge in [0.2, 0.25) is 0 Å². The Labute approximate surface area is 182 Å². The maximum atomic E-state index is 14.6. The van der Waals surface area contributed by atoms with Gasteiger partial charge in [0, 0.05) is 30.2 Å². The van der Waals surface area contributed by atoms with Crippen LogP contribution in [-0.4, -0.2) is 28.6 Å². The van der Waals surface area contributed by atoms with Crippen molar-refractivity contribution in [1.29, 1.82) is 0 Å². The third-order valence-electron chi connectivity index (χ3n) is 5.56. The van der Waals surface area contributed by atoms with Crippen molar-refractivity contribution in [3.8, 4) is 5.75 Å². The molecule has 1 fully saturated rings. The van der Waals surface area contributed by atoms with Crippen molar-refractivity contribution in [3.63, 3.8) is 0 Å². The van der Waals surface area contributed by atoms with Crippen LogP contribution >= 0.6 is 11.6 Å². The van der Waals surface area contributed by atoms with Crippen LogP contribution in [0.2, 0.25) is 5.02 Å². The summed E-state index contributed by atoms with van der Waals surface area (Å²) in [5.74, 6) is -0.389. The number of halogens is 2. The number of hydrogen-bond acceptors (Lipinski definition) is 3. The lowest BCUT2D eigenvalue weighted by Crippen LogP contribution is -2.26. The Morgan fingerprint density at radius 2 is 1.97 bits per heavy atom. The molecule has 0 radical (unpaired) electrons. The Morgan fingerprint density at radius 1 is 1.20 bits per heavy atom. The third-order valence-corrected chi connectivity index (χ3v) is 5.92. The lowest BCUT2D eigenvalue weighted by molar-refractivity contribution is -0.137. The molecule has 0 bridgehead atoms. The van der Waals surface area contributed by atoms with Gasteiger partial charge >= 0.3 is 5.97 Å². The number of carbonyl (C=O) groups is 1. The summed E-state index contributed by atoms with van der Waals surface area (Å²) in [6, 6.07) is 11.2. The van der Waals surface area contributed by atoms with E-state index in [0.717, 1.165) is 24.2 Å². The van der Waals surface area contributed by atoms with Gasteiger partial charge in [-0.3, -0.25) is 9.69 Å². The van der Waals surface area contributed by atoms with Gasteiger partial charge in [0.05, 0.1) is 12.5 Å². The highest BCUT2D eigenvalue weighted by atomic mass is 35.5. The Morgan fingerprint density at radius 3 is 2.70 bits per heavy atom. The zero-order valence-electron chi connectivity index (χ0n) is 17.4. The topological polar surface area (TPSA) is 49.8 Å². The van der Waals surface area contributed by atoms with Gasteiger partial charge in [-0.15, -0.1) is 0 Å². The smallest absolute Gasteiger partial charge is 0.304 e. The van der Waals surface area contributed by atoms with E-state index < -0.39 is 5.97 Å². The zero-order valence-corrected chi connectivity index (χ0v) is 18.1. The monoisotopic (exact) mass is 433 g/mol. The average molecular weight is 434 g/mol. The molecule has 0 aliphatic heterocycles. The van der Waals surface area contributed by atoms with Crippen LogP contribution in [-0.2, 0) is 17.9 Å². The number of aryl methyl sites for hydroxylation is 1. The van der Waals surface area contributed by atoms with Crippen molar-refractivity contribution in [2.75, 3.05) is 6.54 Å². The van der Waals surface area contributed by atoms with Crippen molar-refractivity contribution in [3.05, 3.63) is 63.9 Å². The van der Waals surface area contributed by atoms with E-state index in [9.17, 15) is 9.18 Å². The highest BCUT2D eigenvalue weighted by Gasteiger charge is 2.18. The average Bonchev–Trinajstić information content (AvgIpc) is 2.73. The number of ether oxygens (including phenoxy) is 1. The fourth-order valence-corrected chi connectivity index (χ4v) is 4.11. The number of carboxylic acid groups (broad SMARTS) is 1. The lowest BCUT2D eigenvalue weighted by atomic mass is 9.98. The highest BCUT2D eigenvalue weighted by Crippen LogP contribution is 2.26. The van der Waals surface area contributed by atoms with Crippen LogP contribution in [0.5, 0.6) is 5.75 Å². The highest BCUT2D eigenvalue weighted by molar-refractivity contribution is 6.31. The largest absolute Gasteiger partial charge is 0.490 e. The number of carboxylic acids is 1. The van der Waals surface area contributed by atoms with Gasteiger partial charge in [-0.1, -0.05) is 36.2 Å². The molecule has 0 spiro atoms. The summed E-state index contributed by atoms with van der Waals surface area (Å²) in [5.41, 5.74) is 1.92. The standard InChI is InChI=1S/C24H29ClFNO3/c1-17-10-11-22(25)21(24(17)26)16-27(13-12-23(28)29)15-18-6-5-9-20(14-18)30-19-7-3-2-4-8-19/h5-6,9-11,14,19H,2-4,7-8,12-13,15-16H2,1H3,(H,28,29). The summed E-state index contributed by atoms with van der Waals surface area (Å²) in [5, 5.41) is 9.48. The van der Waals surface area contributed by atoms with Gasteiger partial charge < -0.3 is 9.84 Å². The number of hydrogen-bond donors (Lipinski definition) is 1. The summed E-state index contributed by atoms with van der Waals surface area (Å²) >= 11 is 6.24. The van der Waals surface area contributed by atoms with E-state index in [2.05, 4.69) is 0 Å². The molecular weight excluding hydrogens is 405 g/mol. The number of nitrogens with zero attached hydrogens (tertiary/aromatic N) is 1. The Kier molecular flexibility index (Phi) is 8.11. The van der Waals surface area contributed by atoms with E-state index >= 15 is 0 Å². The van der Waals surface area contributed by atoms with E-state index in [1.807, 2.05) is 29.2 Å². The molecule has 0 atom stereocenters. The molecule has 0 unspecified atom stereocenters. The fourth-order valence-electron chi connectivity index (χ4n) is 3.90. The van der Waals surface area contributed by atoms with Gasteiger partial charge in [0.25, 0.3) is 0 Å². The SMILES string of the molecule is Cc1ccc(Cl)c(CN(CCC(=O)O)Cc2cccc(OC3CCCCC3)c2)c1F. The van der Waals surface area contributed by atoms with E-state index in [1.165, 1.54) is 19.3 Å². The number of benzene rings is 2. The minimum absolute atomic E-state index is 0.0245. The van der Waals surface area contributed by atoms with E-state index in [-0.39, 0.29) is 24.9 Å². The molecule has 3 rings (SSSR count). The molecule has 1 saturated carbocycles. The minimum atomic E-state index is -0.884. The van der Waals surface area contributed by atoms with Gasteiger partial charge in [-0.2, -0.15) is 0 Å². The van der Waals surface area contributed by atoms with Crippen LogP contribution in [0.1, 0.15) is 55.2 Å². The molecule has 1 aliphatic carbocycles. The third kappa shape index (κ3) is 6.44. The summed E-state index contributed by atoms with van der Waals surface area (Å²) < 4.78 is 20.8. The first kappa shape index (κ1) is 22.6. The minimum Gasteiger partial charge on any atom is -0.490 e. The number of rotatable bonds is 9. The summed E-state index contributed by atoms with van der Waals surface area (Å²) in [6.07, 6.45) is 6.09. The molecular formula is C24H29ClFNO3. The predicted molar refractivity (Wildman–Crippen MR) is 116 cm³/mol. The first-order chi connectivity index (χ1) is 14.4. The Balaban J connectivity index is 1.74. The second-order valence-electron chi connectivity index (χ2n) is 8.04. The second-order valence-corrected chi connectivity index (χ2v) is 8.44. The molecule has 4 nitrogen and oxygen atoms in total. The Bertz CT molecular complexity index is 868. The van der Waals surface area contributed by atoms with Gasteiger partial charge in [-0.25, -0.2) is 4.39 Å². The molecule has 30 heavy (non-hydrogen) atoms. The molecule has 0 heterocycles. The van der Waals surface area contributed by atoms with Crippen molar-refractivity contribution < 1.29 is 19.0 Å². The van der Waals surface area contributed by atoms with E-state index in [4.69, 9.17) is 21.4 Å². The summed E-state index contributed by atoms with van der Waals surface area (Å²) in [4.78, 5) is 13.0. The normalized spacial score (nSPS) is 14.8. The molecule has 1 N–H and O–H groups in total. The zero-order chi connectivity index (χ0) is 21.5. The van der Waals surface area contributed by atoms with Gasteiger partial charge in [0.1, 0.15) is 11.6 Å². The van der Waals surface area contributed by atoms with Crippen molar-refractivity contribution in [2.24, 2.45) is 0 Å². The first-order valence-electron chi connectivity index (χ1n) is 10.6. The quantitative estimate of drug-likeness (QED) is 0.528. The maximum Gasteiger partial charge on any atom is 0.304 e. The van der Waals surface area contributed by atoms with E-state index in [1.54, 1.807) is 19.1 Å².